The molecule has 0 bridgehead atoms. The van der Waals surface area contributed by atoms with Crippen LogP contribution in [0.15, 0.2) is 29.3 Å². The van der Waals surface area contributed by atoms with E-state index in [1.54, 1.807) is 19.1 Å². The number of fused-ring (bicyclic) bond motifs is 3. The topological polar surface area (TPSA) is 131 Å². The Morgan fingerprint density at radius 1 is 1.28 bits per heavy atom. The third kappa shape index (κ3) is 3.63. The van der Waals surface area contributed by atoms with E-state index in [9.17, 15) is 18.3 Å². The van der Waals surface area contributed by atoms with Crippen molar-refractivity contribution >= 4 is 32.6 Å². The number of amides is 1. The van der Waals surface area contributed by atoms with Crippen molar-refractivity contribution in [1.29, 1.82) is 0 Å². The van der Waals surface area contributed by atoms with Crippen LogP contribution in [0.1, 0.15) is 47.2 Å². The van der Waals surface area contributed by atoms with E-state index in [-0.39, 0.29) is 23.5 Å². The highest BCUT2D eigenvalue weighted by Crippen LogP contribution is 2.39. The Hall–Kier alpha value is -2.98. The number of aliphatic hydroxyl groups is 1. The summed E-state index contributed by atoms with van der Waals surface area (Å²) in [6.45, 7) is 6.83. The Kier molecular flexibility index (Phi) is 5.46. The standard InChI is InChI=1S/C22H27N5O4S/c1-12(2)20-18-8-14-7-15(11-28)19(32(4,30)31)9-17(14)26(18)5-6-27(20)22-24-10-16(21(23)29)13(3)25-22/h7-10,12,20,28H,5-6,11H2,1-4H3,(H2,23,29)/t20-/m1/s1. The molecule has 10 heteroatoms. The molecule has 3 heterocycles. The van der Waals surface area contributed by atoms with Crippen LogP contribution >= 0.6 is 0 Å². The van der Waals surface area contributed by atoms with Crippen LogP contribution in [0.5, 0.6) is 0 Å². The fraction of sp³-hybridized carbons (Fsp3) is 0.409. The first-order chi connectivity index (χ1) is 15.0. The molecule has 1 atom stereocenters. The molecule has 2 aromatic heterocycles. The average molecular weight is 458 g/mol. The highest BCUT2D eigenvalue weighted by Gasteiger charge is 2.33. The lowest BCUT2D eigenvalue weighted by atomic mass is 9.97. The zero-order valence-corrected chi connectivity index (χ0v) is 19.3. The van der Waals surface area contributed by atoms with Gasteiger partial charge in [0.2, 0.25) is 5.95 Å². The Morgan fingerprint density at radius 2 is 2.00 bits per heavy atom. The van der Waals surface area contributed by atoms with Gasteiger partial charge in [-0.1, -0.05) is 13.8 Å². The molecule has 1 aliphatic rings. The summed E-state index contributed by atoms with van der Waals surface area (Å²) in [7, 11) is -3.48. The number of nitrogens with zero attached hydrogens (tertiary/aromatic N) is 4. The lowest BCUT2D eigenvalue weighted by molar-refractivity contribution is 0.0999. The highest BCUT2D eigenvalue weighted by molar-refractivity contribution is 7.90. The zero-order chi connectivity index (χ0) is 23.4. The predicted octanol–water partition coefficient (Wildman–Crippen LogP) is 1.95. The SMILES string of the molecule is Cc1nc(N2CCn3c(cc4cc(CO)c(S(C)(=O)=O)cc43)[C@H]2C(C)C)ncc1C(N)=O. The fourth-order valence-electron chi connectivity index (χ4n) is 4.59. The van der Waals surface area contributed by atoms with Gasteiger partial charge in [0.15, 0.2) is 9.84 Å². The van der Waals surface area contributed by atoms with Crippen molar-refractivity contribution in [2.24, 2.45) is 11.7 Å². The molecule has 170 valence electrons. The summed E-state index contributed by atoms with van der Waals surface area (Å²) in [4.78, 5) is 22.8. The Balaban J connectivity index is 1.86. The smallest absolute Gasteiger partial charge is 0.252 e. The van der Waals surface area contributed by atoms with Gasteiger partial charge in [-0.25, -0.2) is 18.4 Å². The number of sulfone groups is 1. The number of primary amides is 1. The maximum Gasteiger partial charge on any atom is 0.252 e. The van der Waals surface area contributed by atoms with E-state index in [0.717, 1.165) is 22.9 Å². The number of carbonyl (C=O) groups excluding carboxylic acids is 1. The van der Waals surface area contributed by atoms with Gasteiger partial charge in [-0.15, -0.1) is 0 Å². The molecule has 0 aliphatic carbocycles. The quantitative estimate of drug-likeness (QED) is 0.598. The minimum Gasteiger partial charge on any atom is -0.392 e. The summed E-state index contributed by atoms with van der Waals surface area (Å²) < 4.78 is 26.7. The number of hydrogen-bond donors (Lipinski definition) is 2. The molecule has 9 nitrogen and oxygen atoms in total. The van der Waals surface area contributed by atoms with Crippen LogP contribution in [0.2, 0.25) is 0 Å². The molecule has 1 amide bonds. The monoisotopic (exact) mass is 457 g/mol. The molecule has 3 aromatic rings. The molecule has 4 rings (SSSR count). The number of rotatable bonds is 5. The third-order valence-electron chi connectivity index (χ3n) is 6.01. The molecule has 32 heavy (non-hydrogen) atoms. The number of aryl methyl sites for hydroxylation is 1. The summed E-state index contributed by atoms with van der Waals surface area (Å²) in [5.74, 6) is 0.162. The van der Waals surface area contributed by atoms with Gasteiger partial charge in [0.25, 0.3) is 5.91 Å². The number of aliphatic hydroxyl groups excluding tert-OH is 1. The van der Waals surface area contributed by atoms with Gasteiger partial charge in [0.05, 0.1) is 28.8 Å². The molecule has 3 N–H and O–H groups in total. The average Bonchev–Trinajstić information content (AvgIpc) is 3.08. The summed E-state index contributed by atoms with van der Waals surface area (Å²) in [5.41, 5.74) is 8.46. The molecule has 0 radical (unpaired) electrons. The van der Waals surface area contributed by atoms with Crippen LogP contribution in [0.25, 0.3) is 10.9 Å². The minimum absolute atomic E-state index is 0.0609. The first-order valence-electron chi connectivity index (χ1n) is 10.4. The first-order valence-corrected chi connectivity index (χ1v) is 12.3. The third-order valence-corrected chi connectivity index (χ3v) is 7.19. The molecule has 0 saturated carbocycles. The van der Waals surface area contributed by atoms with Crippen molar-refractivity contribution < 1.29 is 18.3 Å². The van der Waals surface area contributed by atoms with Crippen LogP contribution in [0, 0.1) is 12.8 Å². The number of nitrogens with two attached hydrogens (primary N) is 1. The lowest BCUT2D eigenvalue weighted by Gasteiger charge is -2.39. The molecule has 0 unspecified atom stereocenters. The van der Waals surface area contributed by atoms with Crippen molar-refractivity contribution in [3.8, 4) is 0 Å². The predicted molar refractivity (Wildman–Crippen MR) is 121 cm³/mol. The van der Waals surface area contributed by atoms with Crippen molar-refractivity contribution in [2.45, 2.75) is 44.9 Å². The summed E-state index contributed by atoms with van der Waals surface area (Å²) in [6.07, 6.45) is 2.62. The molecule has 0 spiro atoms. The summed E-state index contributed by atoms with van der Waals surface area (Å²) >= 11 is 0. The number of carbonyl (C=O) groups is 1. The van der Waals surface area contributed by atoms with Gasteiger partial charge < -0.3 is 20.3 Å². The van der Waals surface area contributed by atoms with Gasteiger partial charge in [-0.3, -0.25) is 4.79 Å². The Labute approximate surface area is 186 Å². The van der Waals surface area contributed by atoms with Crippen LogP contribution in [-0.4, -0.2) is 46.8 Å². The van der Waals surface area contributed by atoms with Crippen molar-refractivity contribution in [3.63, 3.8) is 0 Å². The van der Waals surface area contributed by atoms with Crippen LogP contribution in [-0.2, 0) is 23.0 Å². The van der Waals surface area contributed by atoms with Gasteiger partial charge >= 0.3 is 0 Å². The van der Waals surface area contributed by atoms with Gasteiger partial charge in [-0.05, 0) is 36.6 Å². The summed E-state index contributed by atoms with van der Waals surface area (Å²) in [6, 6.07) is 5.40. The van der Waals surface area contributed by atoms with E-state index in [1.807, 2.05) is 6.07 Å². The van der Waals surface area contributed by atoms with Crippen molar-refractivity contribution in [3.05, 3.63) is 46.9 Å². The minimum atomic E-state index is -3.48. The Morgan fingerprint density at radius 3 is 2.56 bits per heavy atom. The van der Waals surface area contributed by atoms with Crippen molar-refractivity contribution in [1.82, 2.24) is 14.5 Å². The maximum atomic E-state index is 12.3. The van der Waals surface area contributed by atoms with E-state index in [0.29, 0.717) is 35.9 Å². The Bertz CT molecular complexity index is 1330. The second-order valence-electron chi connectivity index (χ2n) is 8.59. The number of benzene rings is 1. The van der Waals surface area contributed by atoms with Crippen molar-refractivity contribution in [2.75, 3.05) is 17.7 Å². The number of hydrogen-bond acceptors (Lipinski definition) is 7. The molecule has 0 fully saturated rings. The van der Waals surface area contributed by atoms with E-state index in [1.165, 1.54) is 6.20 Å². The van der Waals surface area contributed by atoms with E-state index >= 15 is 0 Å². The first kappa shape index (κ1) is 22.2. The molecular weight excluding hydrogens is 430 g/mol. The number of anilines is 1. The molecule has 1 aromatic carbocycles. The van der Waals surface area contributed by atoms with Gasteiger partial charge in [0, 0.05) is 42.1 Å². The second kappa shape index (κ2) is 7.86. The van der Waals surface area contributed by atoms with E-state index in [2.05, 4.69) is 33.3 Å². The zero-order valence-electron chi connectivity index (χ0n) is 18.5. The largest absolute Gasteiger partial charge is 0.392 e. The number of aromatic nitrogens is 3. The fourth-order valence-corrected chi connectivity index (χ4v) is 5.51. The van der Waals surface area contributed by atoms with Crippen LogP contribution < -0.4 is 10.6 Å². The lowest BCUT2D eigenvalue weighted by Crippen LogP contribution is -2.41. The molecular formula is C22H27N5O4S. The van der Waals surface area contributed by atoms with E-state index < -0.39 is 15.7 Å². The highest BCUT2D eigenvalue weighted by atomic mass is 32.2. The van der Waals surface area contributed by atoms with Crippen LogP contribution in [0.4, 0.5) is 5.95 Å². The van der Waals surface area contributed by atoms with Crippen LogP contribution in [0.3, 0.4) is 0 Å². The second-order valence-corrected chi connectivity index (χ2v) is 10.6. The van der Waals surface area contributed by atoms with Gasteiger partial charge in [0.1, 0.15) is 0 Å². The summed E-state index contributed by atoms with van der Waals surface area (Å²) in [5, 5.41) is 10.6. The molecule has 0 saturated heterocycles. The normalized spacial score (nSPS) is 16.6. The maximum absolute atomic E-state index is 12.3. The van der Waals surface area contributed by atoms with E-state index in [4.69, 9.17) is 5.73 Å². The van der Waals surface area contributed by atoms with Gasteiger partial charge in [-0.2, -0.15) is 0 Å². The molecule has 1 aliphatic heterocycles.